The number of amides is 1. The molecule has 4 nitrogen and oxygen atoms in total. The molecule has 104 valence electrons. The number of nitrogens with zero attached hydrogens (tertiary/aromatic N) is 1. The van der Waals surface area contributed by atoms with E-state index in [1.54, 1.807) is 18.8 Å². The van der Waals surface area contributed by atoms with Crippen molar-refractivity contribution >= 4 is 35.0 Å². The Kier molecular flexibility index (Phi) is 4.73. The maximum absolute atomic E-state index is 11.8. The van der Waals surface area contributed by atoms with Gasteiger partial charge >= 0.3 is 0 Å². The van der Waals surface area contributed by atoms with Gasteiger partial charge in [0.25, 0.3) is 0 Å². The molecule has 1 aliphatic heterocycles. The molecule has 0 aliphatic carbocycles. The molecule has 1 unspecified atom stereocenters. The van der Waals surface area contributed by atoms with Crippen molar-refractivity contribution in [2.45, 2.75) is 10.9 Å². The van der Waals surface area contributed by atoms with E-state index in [4.69, 9.17) is 11.6 Å². The Morgan fingerprint density at radius 2 is 2.21 bits per heavy atom. The predicted octanol–water partition coefficient (Wildman–Crippen LogP) is 2.21. The number of nitrogens with one attached hydrogen (secondary N) is 2. The second-order valence-corrected chi connectivity index (χ2v) is 6.28. The first-order chi connectivity index (χ1) is 9.02. The Balaban J connectivity index is 2.16. The van der Waals surface area contributed by atoms with Gasteiger partial charge in [0.15, 0.2) is 0 Å². The smallest absolute Gasteiger partial charge is 0.246 e. The van der Waals surface area contributed by atoms with Crippen LogP contribution in [0.3, 0.4) is 0 Å². The number of carbonyl (C=O) groups is 1. The van der Waals surface area contributed by atoms with Crippen molar-refractivity contribution in [1.82, 2.24) is 10.2 Å². The molecule has 0 spiro atoms. The van der Waals surface area contributed by atoms with Gasteiger partial charge in [-0.2, -0.15) is 0 Å². The summed E-state index contributed by atoms with van der Waals surface area (Å²) >= 11 is 8.00. The summed E-state index contributed by atoms with van der Waals surface area (Å²) in [5, 5.41) is 6.58. The lowest BCUT2D eigenvalue weighted by atomic mass is 10.1. The van der Waals surface area contributed by atoms with Gasteiger partial charge < -0.3 is 15.5 Å². The molecule has 0 bridgehead atoms. The minimum absolute atomic E-state index is 0.0241. The molecule has 1 amide bonds. The average molecular weight is 300 g/mol. The first-order valence-corrected chi connectivity index (χ1v) is 7.48. The van der Waals surface area contributed by atoms with Crippen molar-refractivity contribution in [3.63, 3.8) is 0 Å². The summed E-state index contributed by atoms with van der Waals surface area (Å²) in [5.41, 5.74) is 1.79. The van der Waals surface area contributed by atoms with Crippen molar-refractivity contribution in [3.8, 4) is 0 Å². The highest BCUT2D eigenvalue weighted by Crippen LogP contribution is 2.38. The molecule has 0 radical (unpaired) electrons. The van der Waals surface area contributed by atoms with Crippen LogP contribution in [0.5, 0.6) is 0 Å². The molecule has 0 fully saturated rings. The summed E-state index contributed by atoms with van der Waals surface area (Å²) in [4.78, 5) is 14.9. The molecule has 19 heavy (non-hydrogen) atoms. The fourth-order valence-electron chi connectivity index (χ4n) is 2.00. The van der Waals surface area contributed by atoms with E-state index >= 15 is 0 Å². The van der Waals surface area contributed by atoms with E-state index in [1.807, 2.05) is 26.2 Å². The topological polar surface area (TPSA) is 44.4 Å². The van der Waals surface area contributed by atoms with Crippen LogP contribution in [-0.4, -0.2) is 44.2 Å². The van der Waals surface area contributed by atoms with Crippen molar-refractivity contribution < 1.29 is 4.79 Å². The summed E-state index contributed by atoms with van der Waals surface area (Å²) in [6, 6.07) is 3.55. The van der Waals surface area contributed by atoms with Gasteiger partial charge in [0, 0.05) is 28.4 Å². The summed E-state index contributed by atoms with van der Waals surface area (Å²) < 4.78 is 0. The predicted molar refractivity (Wildman–Crippen MR) is 81.2 cm³/mol. The van der Waals surface area contributed by atoms with Crippen molar-refractivity contribution in [2.75, 3.05) is 38.8 Å². The molecule has 0 aromatic heterocycles. The van der Waals surface area contributed by atoms with Gasteiger partial charge in [0.05, 0.1) is 5.02 Å². The van der Waals surface area contributed by atoms with Crippen LogP contribution >= 0.6 is 23.4 Å². The van der Waals surface area contributed by atoms with Crippen LogP contribution in [0.1, 0.15) is 11.6 Å². The van der Waals surface area contributed by atoms with Crippen LogP contribution < -0.4 is 10.6 Å². The van der Waals surface area contributed by atoms with Gasteiger partial charge in [-0.1, -0.05) is 11.6 Å². The molecule has 0 saturated heterocycles. The number of hydrogen-bond acceptors (Lipinski definition) is 4. The van der Waals surface area contributed by atoms with Crippen LogP contribution in [0.15, 0.2) is 17.0 Å². The minimum Gasteiger partial charge on any atom is -0.324 e. The molecule has 6 heteroatoms. The van der Waals surface area contributed by atoms with E-state index in [0.717, 1.165) is 28.4 Å². The highest BCUT2D eigenvalue weighted by Gasteiger charge is 2.30. The Morgan fingerprint density at radius 3 is 2.84 bits per heavy atom. The molecule has 1 aromatic rings. The molecule has 1 aromatic carbocycles. The second-order valence-electron chi connectivity index (χ2n) is 4.73. The van der Waals surface area contributed by atoms with Crippen molar-refractivity contribution in [2.24, 2.45) is 0 Å². The Hall–Kier alpha value is -0.750. The Labute approximate surface area is 122 Å². The number of benzene rings is 1. The van der Waals surface area contributed by atoms with Crippen LogP contribution in [0.25, 0.3) is 0 Å². The number of halogens is 1. The van der Waals surface area contributed by atoms with Crippen molar-refractivity contribution in [1.29, 1.82) is 0 Å². The molecular weight excluding hydrogens is 282 g/mol. The number of carbonyl (C=O) groups excluding carboxylic acids is 1. The van der Waals surface area contributed by atoms with E-state index in [9.17, 15) is 4.79 Å². The molecule has 1 aliphatic rings. The third-order valence-electron chi connectivity index (χ3n) is 3.02. The highest BCUT2D eigenvalue weighted by atomic mass is 35.5. The summed E-state index contributed by atoms with van der Waals surface area (Å²) in [6.07, 6.45) is 0. The molecule has 1 heterocycles. The molecule has 0 saturated carbocycles. The Bertz CT molecular complexity index is 493. The minimum atomic E-state index is -0.298. The third kappa shape index (κ3) is 3.23. The lowest BCUT2D eigenvalue weighted by molar-refractivity contribution is -0.117. The molecule has 2 rings (SSSR count). The van der Waals surface area contributed by atoms with Gasteiger partial charge in [0.2, 0.25) is 5.91 Å². The van der Waals surface area contributed by atoms with E-state index in [2.05, 4.69) is 15.5 Å². The molecule has 2 N–H and O–H groups in total. The van der Waals surface area contributed by atoms with Crippen LogP contribution in [0.2, 0.25) is 5.02 Å². The van der Waals surface area contributed by atoms with Crippen molar-refractivity contribution in [3.05, 3.63) is 22.7 Å². The quantitative estimate of drug-likeness (QED) is 0.818. The molecule has 1 atom stereocenters. The lowest BCUT2D eigenvalue weighted by Gasteiger charge is -2.11. The summed E-state index contributed by atoms with van der Waals surface area (Å²) in [6.45, 7) is 0.990. The Morgan fingerprint density at radius 1 is 1.47 bits per heavy atom. The molecular formula is C13H18ClN3OS. The summed E-state index contributed by atoms with van der Waals surface area (Å²) in [7, 11) is 5.86. The maximum Gasteiger partial charge on any atom is 0.246 e. The largest absolute Gasteiger partial charge is 0.324 e. The number of anilines is 1. The van der Waals surface area contributed by atoms with Gasteiger partial charge in [-0.15, -0.1) is 11.8 Å². The SMILES string of the molecule is CNC1C(=O)Nc2cc(SCCN(C)C)c(Cl)cc21. The van der Waals surface area contributed by atoms with Crippen LogP contribution in [-0.2, 0) is 4.79 Å². The normalized spacial score (nSPS) is 17.7. The first kappa shape index (κ1) is 14.7. The number of likely N-dealkylation sites (N-methyl/N-ethyl adjacent to an activating group) is 1. The zero-order valence-electron chi connectivity index (χ0n) is 11.3. The zero-order valence-corrected chi connectivity index (χ0v) is 12.9. The van der Waals surface area contributed by atoms with Crippen LogP contribution in [0, 0.1) is 0 Å². The third-order valence-corrected chi connectivity index (χ3v) is 4.48. The standard InChI is InChI=1S/C13H18ClN3OS/c1-15-12-8-6-9(14)11(19-5-4-17(2)3)7-10(8)16-13(12)18/h6-7,12,15H,4-5H2,1-3H3,(H,16,18). The second kappa shape index (κ2) is 6.13. The average Bonchev–Trinajstić information content (AvgIpc) is 2.63. The zero-order chi connectivity index (χ0) is 14.0. The number of thioether (sulfide) groups is 1. The maximum atomic E-state index is 11.8. The van der Waals surface area contributed by atoms with Crippen LogP contribution in [0.4, 0.5) is 5.69 Å². The van der Waals surface area contributed by atoms with Gasteiger partial charge in [0.1, 0.15) is 6.04 Å². The van der Waals surface area contributed by atoms with E-state index < -0.39 is 0 Å². The van der Waals surface area contributed by atoms with E-state index in [-0.39, 0.29) is 11.9 Å². The van der Waals surface area contributed by atoms with E-state index in [1.165, 1.54) is 0 Å². The van der Waals surface area contributed by atoms with Gasteiger partial charge in [-0.3, -0.25) is 4.79 Å². The number of hydrogen-bond donors (Lipinski definition) is 2. The number of rotatable bonds is 5. The fourth-order valence-corrected chi connectivity index (χ4v) is 3.41. The first-order valence-electron chi connectivity index (χ1n) is 6.12. The number of fused-ring (bicyclic) bond motifs is 1. The monoisotopic (exact) mass is 299 g/mol. The summed E-state index contributed by atoms with van der Waals surface area (Å²) in [5.74, 6) is 0.943. The fraction of sp³-hybridized carbons (Fsp3) is 0.462. The lowest BCUT2D eigenvalue weighted by Crippen LogP contribution is -2.23. The van der Waals surface area contributed by atoms with Gasteiger partial charge in [-0.05, 0) is 33.3 Å². The highest BCUT2D eigenvalue weighted by molar-refractivity contribution is 7.99. The van der Waals surface area contributed by atoms with E-state index in [0.29, 0.717) is 5.02 Å². The van der Waals surface area contributed by atoms with Gasteiger partial charge in [-0.25, -0.2) is 0 Å².